The average molecular weight is 196 g/mol. The van der Waals surface area contributed by atoms with Gasteiger partial charge < -0.3 is 10.3 Å². The third-order valence-electron chi connectivity index (χ3n) is 2.10. The molecular formula is C10H20N4. The zero-order valence-electron chi connectivity index (χ0n) is 9.32. The van der Waals surface area contributed by atoms with Crippen LogP contribution in [0.15, 0.2) is 12.4 Å². The van der Waals surface area contributed by atoms with Crippen LogP contribution in [0.2, 0.25) is 0 Å². The summed E-state index contributed by atoms with van der Waals surface area (Å²) >= 11 is 0. The molecule has 0 aliphatic carbocycles. The second-order valence-corrected chi connectivity index (χ2v) is 3.63. The lowest BCUT2D eigenvalue weighted by molar-refractivity contribution is 0.402. The van der Waals surface area contributed by atoms with E-state index in [9.17, 15) is 0 Å². The van der Waals surface area contributed by atoms with Gasteiger partial charge in [-0.1, -0.05) is 6.92 Å². The molecule has 4 nitrogen and oxygen atoms in total. The Balaban J connectivity index is 2.24. The maximum Gasteiger partial charge on any atom is 0.126 e. The number of aryl methyl sites for hydroxylation is 1. The number of imidazole rings is 1. The predicted octanol–water partition coefficient (Wildman–Crippen LogP) is 0.941. The smallest absolute Gasteiger partial charge is 0.126 e. The zero-order chi connectivity index (χ0) is 10.4. The van der Waals surface area contributed by atoms with E-state index in [1.165, 1.54) is 0 Å². The minimum absolute atomic E-state index is 0.966. The van der Waals surface area contributed by atoms with Crippen molar-refractivity contribution in [3.8, 4) is 0 Å². The summed E-state index contributed by atoms with van der Waals surface area (Å²) in [5.41, 5.74) is 3.33. The van der Waals surface area contributed by atoms with E-state index in [-0.39, 0.29) is 0 Å². The lowest BCUT2D eigenvalue weighted by Crippen LogP contribution is -2.22. The molecule has 80 valence electrons. The van der Waals surface area contributed by atoms with Crippen molar-refractivity contribution < 1.29 is 0 Å². The summed E-state index contributed by atoms with van der Waals surface area (Å²) in [5.74, 6) is 1.09. The second-order valence-electron chi connectivity index (χ2n) is 3.63. The van der Waals surface area contributed by atoms with E-state index in [2.05, 4.69) is 36.3 Å². The Bertz CT molecular complexity index is 254. The van der Waals surface area contributed by atoms with Crippen molar-refractivity contribution in [1.82, 2.24) is 14.6 Å². The fraction of sp³-hybridized carbons (Fsp3) is 0.700. The SMILES string of the molecule is CCc1nccn1NCCCN(C)C. The van der Waals surface area contributed by atoms with E-state index in [4.69, 9.17) is 0 Å². The number of hydrogen-bond donors (Lipinski definition) is 1. The highest BCUT2D eigenvalue weighted by Gasteiger charge is 1.97. The van der Waals surface area contributed by atoms with Crippen LogP contribution in [0.3, 0.4) is 0 Å². The van der Waals surface area contributed by atoms with E-state index >= 15 is 0 Å². The Kier molecular flexibility index (Phi) is 4.46. The van der Waals surface area contributed by atoms with Gasteiger partial charge in [0.1, 0.15) is 5.82 Å². The summed E-state index contributed by atoms with van der Waals surface area (Å²) in [4.78, 5) is 6.43. The Hall–Kier alpha value is -1.03. The molecule has 0 unspecified atom stereocenters. The predicted molar refractivity (Wildman–Crippen MR) is 59.0 cm³/mol. The summed E-state index contributed by atoms with van der Waals surface area (Å²) in [6, 6.07) is 0. The lowest BCUT2D eigenvalue weighted by atomic mass is 10.4. The Morgan fingerprint density at radius 2 is 2.29 bits per heavy atom. The molecule has 0 amide bonds. The van der Waals surface area contributed by atoms with Gasteiger partial charge in [0.05, 0.1) is 0 Å². The molecule has 0 saturated heterocycles. The van der Waals surface area contributed by atoms with Crippen molar-refractivity contribution in [3.63, 3.8) is 0 Å². The first kappa shape index (κ1) is 11.0. The van der Waals surface area contributed by atoms with Gasteiger partial charge in [-0.15, -0.1) is 0 Å². The molecule has 14 heavy (non-hydrogen) atoms. The molecule has 0 aromatic carbocycles. The zero-order valence-corrected chi connectivity index (χ0v) is 9.32. The van der Waals surface area contributed by atoms with Crippen molar-refractivity contribution >= 4 is 0 Å². The number of aromatic nitrogens is 2. The fourth-order valence-corrected chi connectivity index (χ4v) is 1.33. The lowest BCUT2D eigenvalue weighted by Gasteiger charge is -2.12. The number of nitrogens with one attached hydrogen (secondary N) is 1. The summed E-state index contributed by atoms with van der Waals surface area (Å²) in [7, 11) is 4.18. The van der Waals surface area contributed by atoms with E-state index in [0.29, 0.717) is 0 Å². The van der Waals surface area contributed by atoms with E-state index in [0.717, 1.165) is 31.8 Å². The van der Waals surface area contributed by atoms with Crippen LogP contribution in [0.1, 0.15) is 19.2 Å². The fourth-order valence-electron chi connectivity index (χ4n) is 1.33. The first-order valence-corrected chi connectivity index (χ1v) is 5.15. The molecule has 1 N–H and O–H groups in total. The molecule has 0 spiro atoms. The van der Waals surface area contributed by atoms with Crippen molar-refractivity contribution in [2.24, 2.45) is 0 Å². The van der Waals surface area contributed by atoms with Crippen LogP contribution in [-0.4, -0.2) is 41.7 Å². The van der Waals surface area contributed by atoms with Crippen LogP contribution in [0, 0.1) is 0 Å². The van der Waals surface area contributed by atoms with Crippen LogP contribution in [0.5, 0.6) is 0 Å². The van der Waals surface area contributed by atoms with Crippen LogP contribution in [-0.2, 0) is 6.42 Å². The molecule has 0 fully saturated rings. The van der Waals surface area contributed by atoms with Crippen LogP contribution in [0.25, 0.3) is 0 Å². The van der Waals surface area contributed by atoms with Crippen LogP contribution < -0.4 is 5.43 Å². The highest BCUT2D eigenvalue weighted by Crippen LogP contribution is 1.95. The first-order chi connectivity index (χ1) is 6.74. The second kappa shape index (κ2) is 5.65. The van der Waals surface area contributed by atoms with Gasteiger partial charge in [-0.05, 0) is 27.1 Å². The third-order valence-corrected chi connectivity index (χ3v) is 2.10. The van der Waals surface area contributed by atoms with Crippen LogP contribution in [0.4, 0.5) is 0 Å². The highest BCUT2D eigenvalue weighted by molar-refractivity contribution is 4.94. The van der Waals surface area contributed by atoms with Gasteiger partial charge in [-0.3, -0.25) is 4.68 Å². The molecule has 1 aromatic rings. The maximum absolute atomic E-state index is 4.24. The molecule has 1 aromatic heterocycles. The largest absolute Gasteiger partial charge is 0.325 e. The van der Waals surface area contributed by atoms with E-state index in [1.807, 2.05) is 17.1 Å². The number of rotatable bonds is 6. The van der Waals surface area contributed by atoms with Crippen LogP contribution >= 0.6 is 0 Å². The van der Waals surface area contributed by atoms with Gasteiger partial charge >= 0.3 is 0 Å². The standard InChI is InChI=1S/C10H20N4/c1-4-10-11-7-9-14(10)12-6-5-8-13(2)3/h7,9,12H,4-6,8H2,1-3H3. The van der Waals surface area contributed by atoms with E-state index < -0.39 is 0 Å². The summed E-state index contributed by atoms with van der Waals surface area (Å²) in [6.07, 6.45) is 5.91. The normalized spacial score (nSPS) is 10.9. The molecule has 4 heteroatoms. The van der Waals surface area contributed by atoms with E-state index in [1.54, 1.807) is 0 Å². The first-order valence-electron chi connectivity index (χ1n) is 5.15. The molecule has 0 saturated carbocycles. The summed E-state index contributed by atoms with van der Waals surface area (Å²) in [5, 5.41) is 0. The highest BCUT2D eigenvalue weighted by atomic mass is 15.4. The average Bonchev–Trinajstić information content (AvgIpc) is 2.59. The number of hydrogen-bond acceptors (Lipinski definition) is 3. The minimum Gasteiger partial charge on any atom is -0.325 e. The summed E-state index contributed by atoms with van der Waals surface area (Å²) < 4.78 is 2.01. The summed E-state index contributed by atoms with van der Waals surface area (Å²) in [6.45, 7) is 4.21. The van der Waals surface area contributed by atoms with Gasteiger partial charge in [-0.25, -0.2) is 4.98 Å². The molecule has 1 heterocycles. The van der Waals surface area contributed by atoms with Gasteiger partial charge in [0.2, 0.25) is 0 Å². The maximum atomic E-state index is 4.24. The number of nitrogens with zero attached hydrogens (tertiary/aromatic N) is 3. The molecule has 0 atom stereocenters. The Labute approximate surface area is 85.9 Å². The third kappa shape index (κ3) is 3.38. The molecular weight excluding hydrogens is 176 g/mol. The Morgan fingerprint density at radius 1 is 1.50 bits per heavy atom. The molecule has 0 radical (unpaired) electrons. The molecule has 1 rings (SSSR count). The quantitative estimate of drug-likeness (QED) is 0.687. The van der Waals surface area contributed by atoms with Crippen molar-refractivity contribution in [1.29, 1.82) is 0 Å². The topological polar surface area (TPSA) is 33.1 Å². The van der Waals surface area contributed by atoms with Crippen molar-refractivity contribution in [2.75, 3.05) is 32.6 Å². The van der Waals surface area contributed by atoms with Gasteiger partial charge in [0.15, 0.2) is 0 Å². The van der Waals surface area contributed by atoms with Gasteiger partial charge in [0.25, 0.3) is 0 Å². The van der Waals surface area contributed by atoms with Crippen molar-refractivity contribution in [2.45, 2.75) is 19.8 Å². The van der Waals surface area contributed by atoms with Crippen molar-refractivity contribution in [3.05, 3.63) is 18.2 Å². The monoisotopic (exact) mass is 196 g/mol. The molecule has 0 aliphatic heterocycles. The Morgan fingerprint density at radius 3 is 2.93 bits per heavy atom. The van der Waals surface area contributed by atoms with Gasteiger partial charge in [-0.2, -0.15) is 0 Å². The minimum atomic E-state index is 0.966. The molecule has 0 aliphatic rings. The van der Waals surface area contributed by atoms with Gasteiger partial charge in [0, 0.05) is 25.4 Å². The molecule has 0 bridgehead atoms.